The molecule has 1 N–H and O–H groups in total. The lowest BCUT2D eigenvalue weighted by atomic mass is 9.44. The van der Waals surface area contributed by atoms with E-state index in [0.29, 0.717) is 18.1 Å². The van der Waals surface area contributed by atoms with Crippen molar-refractivity contribution in [2.75, 3.05) is 6.61 Å². The lowest BCUT2D eigenvalue weighted by molar-refractivity contribution is -0.207. The number of hydrogen-bond donors (Lipinski definition) is 1. The van der Waals surface area contributed by atoms with Crippen molar-refractivity contribution in [3.05, 3.63) is 11.3 Å². The van der Waals surface area contributed by atoms with E-state index < -0.39 is 0 Å². The Bertz CT molecular complexity index is 593. The summed E-state index contributed by atoms with van der Waals surface area (Å²) < 4.78 is 11.7. The zero-order valence-corrected chi connectivity index (χ0v) is 16.6. The average Bonchev–Trinajstić information content (AvgIpc) is 2.50. The fourth-order valence-corrected chi connectivity index (χ4v) is 6.27. The Balaban J connectivity index is 1.99. The van der Waals surface area contributed by atoms with Gasteiger partial charge in [0.25, 0.3) is 0 Å². The van der Waals surface area contributed by atoms with Crippen LogP contribution in [0.15, 0.2) is 11.3 Å². The first kappa shape index (κ1) is 18.8. The SMILES string of the molecule is CCOC(=O)C1=C(C)O[C@]2(C)CC[C@H]3C(C)(C)[C@H](O)CC[C@]3(C)[C@H]2C1. The van der Waals surface area contributed by atoms with Gasteiger partial charge in [0.1, 0.15) is 11.4 Å². The van der Waals surface area contributed by atoms with Crippen LogP contribution in [0.1, 0.15) is 73.6 Å². The fourth-order valence-electron chi connectivity index (χ4n) is 6.27. The predicted octanol–water partition coefficient (Wildman–Crippen LogP) is 4.22. The monoisotopic (exact) mass is 350 g/mol. The summed E-state index contributed by atoms with van der Waals surface area (Å²) in [6, 6.07) is 0. The van der Waals surface area contributed by atoms with Crippen LogP contribution in [0.25, 0.3) is 0 Å². The molecule has 0 radical (unpaired) electrons. The number of ether oxygens (including phenoxy) is 2. The molecule has 4 nitrogen and oxygen atoms in total. The van der Waals surface area contributed by atoms with Crippen molar-refractivity contribution in [2.45, 2.75) is 85.4 Å². The molecule has 5 atom stereocenters. The maximum absolute atomic E-state index is 12.4. The maximum atomic E-state index is 12.4. The number of esters is 1. The highest BCUT2D eigenvalue weighted by Crippen LogP contribution is 2.65. The van der Waals surface area contributed by atoms with E-state index in [4.69, 9.17) is 9.47 Å². The topological polar surface area (TPSA) is 55.8 Å². The first-order valence-electron chi connectivity index (χ1n) is 9.80. The summed E-state index contributed by atoms with van der Waals surface area (Å²) in [7, 11) is 0. The van der Waals surface area contributed by atoms with Crippen molar-refractivity contribution in [1.29, 1.82) is 0 Å². The second kappa shape index (κ2) is 6.00. The molecule has 0 spiro atoms. The molecule has 2 saturated carbocycles. The van der Waals surface area contributed by atoms with Gasteiger partial charge in [0, 0.05) is 5.92 Å². The number of carbonyl (C=O) groups is 1. The molecule has 0 aromatic rings. The van der Waals surface area contributed by atoms with Crippen LogP contribution in [0.2, 0.25) is 0 Å². The summed E-state index contributed by atoms with van der Waals surface area (Å²) in [5.74, 6) is 1.21. The molecule has 0 aromatic carbocycles. The smallest absolute Gasteiger partial charge is 0.337 e. The van der Waals surface area contributed by atoms with Gasteiger partial charge in [0.05, 0.1) is 18.3 Å². The Hall–Kier alpha value is -1.03. The highest BCUT2D eigenvalue weighted by molar-refractivity contribution is 5.89. The Morgan fingerprint density at radius 3 is 2.52 bits per heavy atom. The lowest BCUT2D eigenvalue weighted by Gasteiger charge is -2.64. The fraction of sp³-hybridized carbons (Fsp3) is 0.857. The Labute approximate surface area is 152 Å². The summed E-state index contributed by atoms with van der Waals surface area (Å²) in [5, 5.41) is 10.6. The number of hydrogen-bond acceptors (Lipinski definition) is 4. The van der Waals surface area contributed by atoms with E-state index in [1.165, 1.54) is 0 Å². The van der Waals surface area contributed by atoms with Crippen molar-refractivity contribution in [3.8, 4) is 0 Å². The summed E-state index contributed by atoms with van der Waals surface area (Å²) >= 11 is 0. The molecule has 2 aliphatic carbocycles. The molecule has 4 heteroatoms. The van der Waals surface area contributed by atoms with Crippen LogP contribution in [0, 0.1) is 22.7 Å². The van der Waals surface area contributed by atoms with E-state index in [1.54, 1.807) is 0 Å². The Morgan fingerprint density at radius 2 is 1.88 bits per heavy atom. The van der Waals surface area contributed by atoms with Gasteiger partial charge in [-0.1, -0.05) is 20.8 Å². The van der Waals surface area contributed by atoms with Crippen molar-refractivity contribution in [1.82, 2.24) is 0 Å². The van der Waals surface area contributed by atoms with Gasteiger partial charge in [-0.25, -0.2) is 4.79 Å². The second-order valence-electron chi connectivity index (χ2n) is 9.40. The number of rotatable bonds is 2. The number of aliphatic hydroxyl groups excluding tert-OH is 1. The van der Waals surface area contributed by atoms with E-state index >= 15 is 0 Å². The van der Waals surface area contributed by atoms with Gasteiger partial charge < -0.3 is 14.6 Å². The minimum absolute atomic E-state index is 0.0637. The second-order valence-corrected chi connectivity index (χ2v) is 9.40. The van der Waals surface area contributed by atoms with Gasteiger partial charge in [-0.05, 0) is 69.6 Å². The number of carbonyl (C=O) groups excluding carboxylic acids is 1. The molecule has 3 rings (SSSR count). The van der Waals surface area contributed by atoms with Gasteiger partial charge in [-0.2, -0.15) is 0 Å². The quantitative estimate of drug-likeness (QED) is 0.758. The van der Waals surface area contributed by atoms with Crippen LogP contribution in [-0.4, -0.2) is 29.4 Å². The Kier molecular flexibility index (Phi) is 4.50. The Morgan fingerprint density at radius 1 is 1.20 bits per heavy atom. The zero-order valence-electron chi connectivity index (χ0n) is 16.6. The molecule has 0 amide bonds. The molecule has 1 heterocycles. The molecule has 2 fully saturated rings. The molecule has 142 valence electrons. The van der Waals surface area contributed by atoms with Crippen LogP contribution in [0.4, 0.5) is 0 Å². The third-order valence-electron chi connectivity index (χ3n) is 7.71. The molecular formula is C21H34O4. The van der Waals surface area contributed by atoms with Crippen LogP contribution >= 0.6 is 0 Å². The molecule has 3 aliphatic rings. The summed E-state index contributed by atoms with van der Waals surface area (Å²) in [6.07, 6.45) is 4.32. The van der Waals surface area contributed by atoms with E-state index in [1.807, 2.05) is 13.8 Å². The van der Waals surface area contributed by atoms with Crippen molar-refractivity contribution >= 4 is 5.97 Å². The summed E-state index contributed by atoms with van der Waals surface area (Å²) in [5.41, 5.74) is 0.432. The first-order valence-corrected chi connectivity index (χ1v) is 9.80. The van der Waals surface area contributed by atoms with Gasteiger partial charge in [0.15, 0.2) is 0 Å². The largest absolute Gasteiger partial charge is 0.491 e. The van der Waals surface area contributed by atoms with Gasteiger partial charge in [-0.3, -0.25) is 0 Å². The van der Waals surface area contributed by atoms with Gasteiger partial charge in [0.2, 0.25) is 0 Å². The van der Waals surface area contributed by atoms with Crippen LogP contribution in [0.5, 0.6) is 0 Å². The molecule has 25 heavy (non-hydrogen) atoms. The molecule has 1 aliphatic heterocycles. The van der Waals surface area contributed by atoms with Crippen molar-refractivity contribution < 1.29 is 19.4 Å². The van der Waals surface area contributed by atoms with E-state index in [0.717, 1.165) is 37.9 Å². The van der Waals surface area contributed by atoms with Crippen LogP contribution < -0.4 is 0 Å². The standard InChI is InChI=1S/C21H34O4/c1-7-24-18(23)14-12-16-20(5)10-9-17(22)19(3,4)15(20)8-11-21(16,6)25-13(14)2/h15-17,22H,7-12H2,1-6H3/t15-,16+,17+,20-,21+/m0/s1. The van der Waals surface area contributed by atoms with Crippen LogP contribution in [-0.2, 0) is 14.3 Å². The third kappa shape index (κ3) is 2.72. The molecule has 0 saturated heterocycles. The molecule has 0 bridgehead atoms. The van der Waals surface area contributed by atoms with Gasteiger partial charge >= 0.3 is 5.97 Å². The van der Waals surface area contributed by atoms with E-state index in [2.05, 4.69) is 27.7 Å². The summed E-state index contributed by atoms with van der Waals surface area (Å²) in [4.78, 5) is 12.4. The third-order valence-corrected chi connectivity index (χ3v) is 7.71. The van der Waals surface area contributed by atoms with E-state index in [9.17, 15) is 9.90 Å². The highest BCUT2D eigenvalue weighted by Gasteiger charge is 2.62. The number of fused-ring (bicyclic) bond motifs is 3. The highest BCUT2D eigenvalue weighted by atomic mass is 16.5. The van der Waals surface area contributed by atoms with Crippen molar-refractivity contribution in [3.63, 3.8) is 0 Å². The minimum atomic E-state index is -0.249. The average molecular weight is 350 g/mol. The van der Waals surface area contributed by atoms with E-state index in [-0.39, 0.29) is 34.4 Å². The predicted molar refractivity (Wildman–Crippen MR) is 96.8 cm³/mol. The first-order chi connectivity index (χ1) is 11.6. The summed E-state index contributed by atoms with van der Waals surface area (Å²) in [6.45, 7) is 13.1. The zero-order chi connectivity index (χ0) is 18.6. The maximum Gasteiger partial charge on any atom is 0.337 e. The normalized spacial score (nSPS) is 42.9. The molecule has 0 unspecified atom stereocenters. The number of allylic oxidation sites excluding steroid dienone is 1. The molecular weight excluding hydrogens is 316 g/mol. The van der Waals surface area contributed by atoms with Crippen LogP contribution in [0.3, 0.4) is 0 Å². The molecule has 0 aromatic heterocycles. The van der Waals surface area contributed by atoms with Crippen molar-refractivity contribution in [2.24, 2.45) is 22.7 Å². The minimum Gasteiger partial charge on any atom is -0.491 e. The van der Waals surface area contributed by atoms with Gasteiger partial charge in [-0.15, -0.1) is 0 Å². The number of aliphatic hydroxyl groups is 1. The lowest BCUT2D eigenvalue weighted by Crippen LogP contribution is -2.62.